The molecule has 0 spiro atoms. The lowest BCUT2D eigenvalue weighted by Gasteiger charge is -2.29. The number of benzene rings is 3. The summed E-state index contributed by atoms with van der Waals surface area (Å²) >= 11 is 1.57. The fourth-order valence-corrected chi connectivity index (χ4v) is 6.59. The third-order valence-corrected chi connectivity index (χ3v) is 9.37. The number of thioether (sulfide) groups is 1. The topological polar surface area (TPSA) is 124 Å². The van der Waals surface area contributed by atoms with Crippen LogP contribution < -0.4 is 20.9 Å². The van der Waals surface area contributed by atoms with Gasteiger partial charge in [0.05, 0.1) is 23.6 Å². The molecule has 9 nitrogen and oxygen atoms in total. The average molecular weight is 720 g/mol. The van der Waals surface area contributed by atoms with Crippen molar-refractivity contribution >= 4 is 40.9 Å². The molecule has 2 heterocycles. The van der Waals surface area contributed by atoms with Crippen LogP contribution in [0.5, 0.6) is 0 Å². The first-order valence-corrected chi connectivity index (χ1v) is 17.9. The summed E-state index contributed by atoms with van der Waals surface area (Å²) in [5.41, 5.74) is 3.71. The lowest BCUT2D eigenvalue weighted by atomic mass is 10.0. The summed E-state index contributed by atoms with van der Waals surface area (Å²) in [5, 5.41) is 17.2. The summed E-state index contributed by atoms with van der Waals surface area (Å²) in [5.74, 6) is 0.274. The van der Waals surface area contributed by atoms with E-state index in [2.05, 4.69) is 25.8 Å². The molecule has 0 aliphatic carbocycles. The first kappa shape index (κ1) is 37.4. The smallest absolute Gasteiger partial charge is 0.395 e. The van der Waals surface area contributed by atoms with E-state index in [4.69, 9.17) is 5.11 Å². The Hall–Kier alpha value is -4.88. The second-order valence-corrected chi connectivity index (χ2v) is 13.2. The predicted octanol–water partition coefficient (Wildman–Crippen LogP) is 6.67. The Morgan fingerprint density at radius 1 is 0.843 bits per heavy atom. The van der Waals surface area contributed by atoms with Crippen LogP contribution in [0.15, 0.2) is 85.1 Å². The van der Waals surface area contributed by atoms with E-state index >= 15 is 0 Å². The molecular formula is C38H40F3N5O4S. The molecule has 0 bridgehead atoms. The van der Waals surface area contributed by atoms with E-state index in [0.717, 1.165) is 55.7 Å². The van der Waals surface area contributed by atoms with Crippen LogP contribution in [0.4, 0.5) is 24.5 Å². The summed E-state index contributed by atoms with van der Waals surface area (Å²) in [7, 11) is 0. The van der Waals surface area contributed by atoms with Crippen LogP contribution in [0.2, 0.25) is 0 Å². The second-order valence-electron chi connectivity index (χ2n) is 12.1. The maximum atomic E-state index is 13.6. The summed E-state index contributed by atoms with van der Waals surface area (Å²) in [6.07, 6.45) is 0.630. The van der Waals surface area contributed by atoms with Crippen LogP contribution in [0.3, 0.4) is 0 Å². The lowest BCUT2D eigenvalue weighted by Crippen LogP contribution is -2.29. The molecular weight excluding hydrogens is 680 g/mol. The summed E-state index contributed by atoms with van der Waals surface area (Å²) in [4.78, 5) is 45.4. The van der Waals surface area contributed by atoms with Crippen LogP contribution >= 0.6 is 11.8 Å². The molecule has 268 valence electrons. The molecule has 1 fully saturated rings. The minimum atomic E-state index is -4.49. The standard InChI is InChI=1S/C38H40F3N5O4S/c39-38(40,41)30-9-5-6-26(21-30)24-44-36(49)29-12-14-42-34(22-29)32-23-31(46-16-2-1-3-17-46)10-11-33(32)45-37(50)28-8-4-7-27(20-28)25-51-19-13-35(48)43-15-18-47/h4-12,14,20-23,47H,1-3,13,15-19,24-25H2,(H,43,48)(H,44,49)(H,45,50). The van der Waals surface area contributed by atoms with E-state index in [1.807, 2.05) is 36.4 Å². The third kappa shape index (κ3) is 10.8. The molecule has 4 aromatic rings. The number of pyridine rings is 1. The zero-order valence-corrected chi connectivity index (χ0v) is 28.8. The fraction of sp³-hybridized carbons (Fsp3) is 0.316. The highest BCUT2D eigenvalue weighted by Gasteiger charge is 2.30. The average Bonchev–Trinajstić information content (AvgIpc) is 3.15. The summed E-state index contributed by atoms with van der Waals surface area (Å²) in [6, 6.07) is 21.0. The van der Waals surface area contributed by atoms with Gasteiger partial charge in [-0.1, -0.05) is 24.3 Å². The quantitative estimate of drug-likeness (QED) is 0.107. The number of aliphatic hydroxyl groups is 1. The number of nitrogens with one attached hydrogen (secondary N) is 3. The van der Waals surface area contributed by atoms with Crippen LogP contribution in [-0.4, -0.2) is 59.8 Å². The highest BCUT2D eigenvalue weighted by molar-refractivity contribution is 7.98. The molecule has 0 radical (unpaired) electrons. The van der Waals surface area contributed by atoms with Crippen molar-refractivity contribution in [3.05, 3.63) is 113 Å². The van der Waals surface area contributed by atoms with Gasteiger partial charge >= 0.3 is 6.18 Å². The number of aliphatic hydroxyl groups excluding tert-OH is 1. The minimum Gasteiger partial charge on any atom is -0.395 e. The van der Waals surface area contributed by atoms with Gasteiger partial charge in [-0.15, -0.1) is 0 Å². The Balaban J connectivity index is 1.32. The van der Waals surface area contributed by atoms with E-state index in [1.54, 1.807) is 23.9 Å². The Bertz CT molecular complexity index is 1830. The number of rotatable bonds is 14. The molecule has 0 saturated carbocycles. The fourth-order valence-electron chi connectivity index (χ4n) is 5.70. The Kier molecular flexibility index (Phi) is 13.1. The molecule has 4 N–H and O–H groups in total. The second kappa shape index (κ2) is 17.9. The molecule has 3 amide bonds. The number of nitrogens with zero attached hydrogens (tertiary/aromatic N) is 2. The maximum absolute atomic E-state index is 13.6. The van der Waals surface area contributed by atoms with Gasteiger partial charge in [-0.05, 0) is 85.0 Å². The predicted molar refractivity (Wildman–Crippen MR) is 194 cm³/mol. The monoisotopic (exact) mass is 719 g/mol. The molecule has 1 aromatic heterocycles. The van der Waals surface area contributed by atoms with E-state index < -0.39 is 17.6 Å². The van der Waals surface area contributed by atoms with Crippen molar-refractivity contribution in [1.82, 2.24) is 15.6 Å². The van der Waals surface area contributed by atoms with Gasteiger partial charge in [0.2, 0.25) is 5.91 Å². The Labute approximate surface area is 299 Å². The van der Waals surface area contributed by atoms with Crippen molar-refractivity contribution in [3.63, 3.8) is 0 Å². The van der Waals surface area contributed by atoms with Gasteiger partial charge in [0, 0.05) is 72.7 Å². The van der Waals surface area contributed by atoms with Crippen molar-refractivity contribution in [2.45, 2.75) is 44.2 Å². The lowest BCUT2D eigenvalue weighted by molar-refractivity contribution is -0.137. The molecule has 1 saturated heterocycles. The molecule has 5 rings (SSSR count). The molecule has 51 heavy (non-hydrogen) atoms. The normalized spacial score (nSPS) is 13.1. The molecule has 0 unspecified atom stereocenters. The number of carbonyl (C=O) groups excluding carboxylic acids is 3. The van der Waals surface area contributed by atoms with Gasteiger partial charge < -0.3 is 26.0 Å². The number of amides is 3. The highest BCUT2D eigenvalue weighted by atomic mass is 32.2. The van der Waals surface area contributed by atoms with Crippen LogP contribution in [-0.2, 0) is 23.3 Å². The first-order valence-electron chi connectivity index (χ1n) is 16.8. The van der Waals surface area contributed by atoms with Crippen LogP contribution in [0.1, 0.15) is 63.1 Å². The number of hydrogen-bond acceptors (Lipinski definition) is 7. The molecule has 3 aromatic carbocycles. The van der Waals surface area contributed by atoms with E-state index in [9.17, 15) is 27.6 Å². The minimum absolute atomic E-state index is 0.0936. The van der Waals surface area contributed by atoms with Crippen molar-refractivity contribution in [2.75, 3.05) is 42.2 Å². The molecule has 0 atom stereocenters. The first-order chi connectivity index (χ1) is 24.6. The maximum Gasteiger partial charge on any atom is 0.416 e. The van der Waals surface area contributed by atoms with Gasteiger partial charge in [-0.2, -0.15) is 24.9 Å². The summed E-state index contributed by atoms with van der Waals surface area (Å²) in [6.45, 7) is 1.83. The number of anilines is 2. The van der Waals surface area contributed by atoms with Gasteiger partial charge in [-0.25, -0.2) is 0 Å². The number of aromatic nitrogens is 1. The number of hydrogen-bond donors (Lipinski definition) is 4. The van der Waals surface area contributed by atoms with Crippen molar-refractivity contribution < 1.29 is 32.7 Å². The number of carbonyl (C=O) groups is 3. The van der Waals surface area contributed by atoms with Crippen molar-refractivity contribution in [2.24, 2.45) is 0 Å². The highest BCUT2D eigenvalue weighted by Crippen LogP contribution is 2.34. The number of piperidine rings is 1. The Morgan fingerprint density at radius 3 is 2.39 bits per heavy atom. The van der Waals surface area contributed by atoms with E-state index in [-0.39, 0.29) is 37.1 Å². The summed E-state index contributed by atoms with van der Waals surface area (Å²) < 4.78 is 39.5. The SMILES string of the molecule is O=C(CCSCc1cccc(C(=O)Nc2ccc(N3CCCCC3)cc2-c2cc(C(=O)NCc3cccc(C(F)(F)F)c3)ccn2)c1)NCCO. The molecule has 1 aliphatic heterocycles. The molecule has 1 aliphatic rings. The molecule has 13 heteroatoms. The van der Waals surface area contributed by atoms with Gasteiger partial charge in [0.1, 0.15) is 0 Å². The van der Waals surface area contributed by atoms with E-state index in [0.29, 0.717) is 46.0 Å². The number of halogens is 3. The zero-order valence-electron chi connectivity index (χ0n) is 28.0. The van der Waals surface area contributed by atoms with Gasteiger partial charge in [0.25, 0.3) is 11.8 Å². The van der Waals surface area contributed by atoms with Crippen molar-refractivity contribution in [3.8, 4) is 11.3 Å². The van der Waals surface area contributed by atoms with Crippen LogP contribution in [0.25, 0.3) is 11.3 Å². The van der Waals surface area contributed by atoms with Crippen molar-refractivity contribution in [1.29, 1.82) is 0 Å². The van der Waals surface area contributed by atoms with Crippen LogP contribution in [0, 0.1) is 0 Å². The Morgan fingerprint density at radius 2 is 1.61 bits per heavy atom. The number of alkyl halides is 3. The van der Waals surface area contributed by atoms with E-state index in [1.165, 1.54) is 24.4 Å². The van der Waals surface area contributed by atoms with Gasteiger partial charge in [0.15, 0.2) is 0 Å². The largest absolute Gasteiger partial charge is 0.416 e. The van der Waals surface area contributed by atoms with Gasteiger partial charge in [-0.3, -0.25) is 19.4 Å². The zero-order chi connectivity index (χ0) is 36.2. The third-order valence-electron chi connectivity index (χ3n) is 8.34.